The number of sulfonamides is 2. The van der Waals surface area contributed by atoms with E-state index in [4.69, 9.17) is 23.2 Å². The molecule has 24 heavy (non-hydrogen) atoms. The van der Waals surface area contributed by atoms with Gasteiger partial charge in [-0.2, -0.15) is 4.31 Å². The zero-order chi connectivity index (χ0) is 18.1. The van der Waals surface area contributed by atoms with Crippen LogP contribution in [0.1, 0.15) is 12.8 Å². The summed E-state index contributed by atoms with van der Waals surface area (Å²) in [6.45, 7) is 0.181. The first-order chi connectivity index (χ1) is 11.0. The highest BCUT2D eigenvalue weighted by molar-refractivity contribution is 7.89. The number of rotatable bonds is 4. The summed E-state index contributed by atoms with van der Waals surface area (Å²) in [5, 5.41) is 0.316. The SMILES string of the molecule is CS(=O)(=O)NC(=O)C1CCN(S(=O)(=O)c2cc(Cl)ccc2Cl)CC1. The van der Waals surface area contributed by atoms with Gasteiger partial charge in [0.05, 0.1) is 11.3 Å². The summed E-state index contributed by atoms with van der Waals surface area (Å²) in [5.41, 5.74) is 0. The fourth-order valence-corrected chi connectivity index (χ4v) is 5.18. The minimum Gasteiger partial charge on any atom is -0.274 e. The van der Waals surface area contributed by atoms with E-state index in [9.17, 15) is 21.6 Å². The van der Waals surface area contributed by atoms with Crippen LogP contribution in [0.25, 0.3) is 0 Å². The number of nitrogens with zero attached hydrogens (tertiary/aromatic N) is 1. The van der Waals surface area contributed by atoms with Crippen molar-refractivity contribution in [3.63, 3.8) is 0 Å². The number of amides is 1. The first-order valence-corrected chi connectivity index (χ1v) is 11.1. The lowest BCUT2D eigenvalue weighted by molar-refractivity contribution is -0.124. The van der Waals surface area contributed by atoms with Gasteiger partial charge in [0.2, 0.25) is 26.0 Å². The molecule has 2 rings (SSSR count). The molecule has 0 saturated carbocycles. The van der Waals surface area contributed by atoms with Crippen molar-refractivity contribution < 1.29 is 21.6 Å². The van der Waals surface area contributed by atoms with Crippen molar-refractivity contribution in [2.75, 3.05) is 19.3 Å². The van der Waals surface area contributed by atoms with Gasteiger partial charge in [-0.15, -0.1) is 0 Å². The highest BCUT2D eigenvalue weighted by Crippen LogP contribution is 2.30. The second-order valence-electron chi connectivity index (χ2n) is 5.49. The number of hydrogen-bond donors (Lipinski definition) is 1. The average molecular weight is 415 g/mol. The first-order valence-electron chi connectivity index (χ1n) is 6.97. The number of hydrogen-bond acceptors (Lipinski definition) is 5. The van der Waals surface area contributed by atoms with Gasteiger partial charge in [0.25, 0.3) is 0 Å². The van der Waals surface area contributed by atoms with Crippen LogP contribution in [0, 0.1) is 5.92 Å². The van der Waals surface area contributed by atoms with E-state index in [1.807, 2.05) is 4.72 Å². The fraction of sp³-hybridized carbons (Fsp3) is 0.462. The van der Waals surface area contributed by atoms with Crippen molar-refractivity contribution >= 4 is 49.2 Å². The number of piperidine rings is 1. The van der Waals surface area contributed by atoms with Gasteiger partial charge in [-0.05, 0) is 31.0 Å². The molecular formula is C13H16Cl2N2O5S2. The lowest BCUT2D eigenvalue weighted by Crippen LogP contribution is -2.44. The Bertz CT molecular complexity index is 847. The van der Waals surface area contributed by atoms with Gasteiger partial charge in [-0.25, -0.2) is 16.8 Å². The summed E-state index contributed by atoms with van der Waals surface area (Å²) in [6.07, 6.45) is 1.34. The largest absolute Gasteiger partial charge is 0.274 e. The number of halogens is 2. The summed E-state index contributed by atoms with van der Waals surface area (Å²) >= 11 is 11.8. The second-order valence-corrected chi connectivity index (χ2v) is 9.99. The fourth-order valence-electron chi connectivity index (χ4n) is 2.44. The number of nitrogens with one attached hydrogen (secondary N) is 1. The topological polar surface area (TPSA) is 101 Å². The van der Waals surface area contributed by atoms with Crippen LogP contribution in [0.3, 0.4) is 0 Å². The van der Waals surface area contributed by atoms with Crippen LogP contribution in [-0.4, -0.2) is 46.4 Å². The van der Waals surface area contributed by atoms with E-state index in [1.54, 1.807) is 0 Å². The van der Waals surface area contributed by atoms with E-state index in [-0.39, 0.29) is 40.9 Å². The third-order valence-corrected chi connectivity index (χ3v) is 6.81. The summed E-state index contributed by atoms with van der Waals surface area (Å²) in [5.74, 6) is -1.17. The van der Waals surface area contributed by atoms with E-state index in [2.05, 4.69) is 0 Å². The number of carbonyl (C=O) groups excluding carboxylic acids is 1. The Morgan fingerprint density at radius 1 is 1.17 bits per heavy atom. The molecule has 1 saturated heterocycles. The third kappa shape index (κ3) is 4.60. The van der Waals surface area contributed by atoms with Gasteiger partial charge in [-0.1, -0.05) is 23.2 Å². The van der Waals surface area contributed by atoms with Crippen LogP contribution in [0.5, 0.6) is 0 Å². The van der Waals surface area contributed by atoms with Gasteiger partial charge >= 0.3 is 0 Å². The van der Waals surface area contributed by atoms with Gasteiger partial charge in [0, 0.05) is 24.0 Å². The monoisotopic (exact) mass is 414 g/mol. The normalized spacial score (nSPS) is 17.6. The van der Waals surface area contributed by atoms with Crippen molar-refractivity contribution in [3.05, 3.63) is 28.2 Å². The lowest BCUT2D eigenvalue weighted by Gasteiger charge is -2.30. The predicted molar refractivity (Wildman–Crippen MR) is 90.9 cm³/mol. The molecule has 11 heteroatoms. The Balaban J connectivity index is 2.11. The van der Waals surface area contributed by atoms with Crippen LogP contribution in [0.4, 0.5) is 0 Å². The van der Waals surface area contributed by atoms with Crippen molar-refractivity contribution in [1.82, 2.24) is 9.03 Å². The van der Waals surface area contributed by atoms with Crippen molar-refractivity contribution in [3.8, 4) is 0 Å². The molecule has 0 aromatic heterocycles. The summed E-state index contributed by atoms with van der Waals surface area (Å²) in [7, 11) is -7.46. The maximum absolute atomic E-state index is 12.7. The van der Waals surface area contributed by atoms with Gasteiger partial charge in [-0.3, -0.25) is 9.52 Å². The van der Waals surface area contributed by atoms with Crippen molar-refractivity contribution in [2.24, 2.45) is 5.92 Å². The molecule has 0 bridgehead atoms. The molecular weight excluding hydrogens is 399 g/mol. The molecule has 1 aromatic carbocycles. The van der Waals surface area contributed by atoms with Gasteiger partial charge in [0.1, 0.15) is 4.90 Å². The summed E-state index contributed by atoms with van der Waals surface area (Å²) < 4.78 is 50.6. The quantitative estimate of drug-likeness (QED) is 0.803. The molecule has 0 unspecified atom stereocenters. The third-order valence-electron chi connectivity index (χ3n) is 3.62. The Kier molecular flexibility index (Phi) is 5.81. The number of carbonyl (C=O) groups is 1. The van der Waals surface area contributed by atoms with Crippen LogP contribution >= 0.6 is 23.2 Å². The minimum absolute atomic E-state index is 0.0661. The Labute approximate surface area is 151 Å². The van der Waals surface area contributed by atoms with E-state index in [1.165, 1.54) is 22.5 Å². The molecule has 1 heterocycles. The van der Waals surface area contributed by atoms with Gasteiger partial charge in [0.15, 0.2) is 0 Å². The predicted octanol–water partition coefficient (Wildman–Crippen LogP) is 1.47. The zero-order valence-electron chi connectivity index (χ0n) is 12.7. The van der Waals surface area contributed by atoms with E-state index >= 15 is 0 Å². The molecule has 1 fully saturated rings. The Hall–Kier alpha value is -0.870. The first kappa shape index (κ1) is 19.5. The lowest BCUT2D eigenvalue weighted by atomic mass is 9.98. The van der Waals surface area contributed by atoms with Crippen molar-refractivity contribution in [2.45, 2.75) is 17.7 Å². The van der Waals surface area contributed by atoms with Crippen LogP contribution in [0.15, 0.2) is 23.1 Å². The average Bonchev–Trinajstić information content (AvgIpc) is 2.48. The molecule has 1 N–H and O–H groups in total. The maximum Gasteiger partial charge on any atom is 0.244 e. The highest BCUT2D eigenvalue weighted by atomic mass is 35.5. The molecule has 1 amide bonds. The molecule has 0 spiro atoms. The number of benzene rings is 1. The minimum atomic E-state index is -3.83. The molecule has 7 nitrogen and oxygen atoms in total. The zero-order valence-corrected chi connectivity index (χ0v) is 15.8. The smallest absolute Gasteiger partial charge is 0.244 e. The maximum atomic E-state index is 12.7. The second kappa shape index (κ2) is 7.17. The van der Waals surface area contributed by atoms with Gasteiger partial charge < -0.3 is 0 Å². The summed E-state index contributed by atoms with van der Waals surface area (Å²) in [6, 6.07) is 4.18. The van der Waals surface area contributed by atoms with Crippen molar-refractivity contribution in [1.29, 1.82) is 0 Å². The molecule has 1 aliphatic heterocycles. The Morgan fingerprint density at radius 2 is 1.75 bits per heavy atom. The van der Waals surface area contributed by atoms with E-state index in [0.717, 1.165) is 6.26 Å². The highest BCUT2D eigenvalue weighted by Gasteiger charge is 2.33. The van der Waals surface area contributed by atoms with Crippen LogP contribution < -0.4 is 4.72 Å². The molecule has 0 radical (unpaired) electrons. The molecule has 0 atom stereocenters. The van der Waals surface area contributed by atoms with Crippen LogP contribution in [0.2, 0.25) is 10.0 Å². The molecule has 134 valence electrons. The molecule has 1 aromatic rings. The van der Waals surface area contributed by atoms with E-state index in [0.29, 0.717) is 0 Å². The Morgan fingerprint density at radius 3 is 2.29 bits per heavy atom. The molecule has 1 aliphatic rings. The molecule has 0 aliphatic carbocycles. The van der Waals surface area contributed by atoms with Crippen LogP contribution in [-0.2, 0) is 24.8 Å². The standard InChI is InChI=1S/C13H16Cl2N2O5S2/c1-23(19,20)16-13(18)9-4-6-17(7-5-9)24(21,22)12-8-10(14)2-3-11(12)15/h2-3,8-9H,4-7H2,1H3,(H,16,18). The van der Waals surface area contributed by atoms with E-state index < -0.39 is 31.9 Å². The summed E-state index contributed by atoms with van der Waals surface area (Å²) in [4.78, 5) is 11.8.